The average molecular weight is 298 g/mol. The molecule has 0 unspecified atom stereocenters. The lowest BCUT2D eigenvalue weighted by Crippen LogP contribution is -2.49. The van der Waals surface area contributed by atoms with E-state index in [2.05, 4.69) is 10.1 Å². The Labute approximate surface area is 114 Å². The summed E-state index contributed by atoms with van der Waals surface area (Å²) >= 11 is 5.91. The molecule has 1 fully saturated rings. The fraction of sp³-hybridized carbons (Fsp3) is 0.364. The summed E-state index contributed by atoms with van der Waals surface area (Å²) in [5.74, 6) is -3.18. The van der Waals surface area contributed by atoms with E-state index in [4.69, 9.17) is 11.6 Å². The van der Waals surface area contributed by atoms with Crippen molar-refractivity contribution in [1.29, 1.82) is 0 Å². The van der Waals surface area contributed by atoms with Gasteiger partial charge in [-0.2, -0.15) is 0 Å². The minimum absolute atomic E-state index is 0. The number of aryl methyl sites for hydroxylation is 1. The van der Waals surface area contributed by atoms with Gasteiger partial charge in [0.05, 0.1) is 0 Å². The van der Waals surface area contributed by atoms with Crippen molar-refractivity contribution in [1.82, 2.24) is 5.32 Å². The number of carbonyl (C=O) groups is 1. The maximum atomic E-state index is 13.7. The number of halogens is 4. The highest BCUT2D eigenvalue weighted by atomic mass is 35.5. The van der Waals surface area contributed by atoms with E-state index in [0.29, 0.717) is 5.56 Å². The van der Waals surface area contributed by atoms with Gasteiger partial charge in [-0.15, -0.1) is 12.4 Å². The number of amides is 1. The molecule has 1 atom stereocenters. The van der Waals surface area contributed by atoms with Crippen LogP contribution in [-0.4, -0.2) is 18.6 Å². The molecule has 2 rings (SSSR count). The number of rotatable bonds is 1. The van der Waals surface area contributed by atoms with Gasteiger partial charge in [0.2, 0.25) is 0 Å². The van der Waals surface area contributed by atoms with Crippen LogP contribution in [0.25, 0.3) is 0 Å². The van der Waals surface area contributed by atoms with Gasteiger partial charge in [0.15, 0.2) is 6.61 Å². The van der Waals surface area contributed by atoms with E-state index < -0.39 is 24.7 Å². The second-order valence-electron chi connectivity index (χ2n) is 3.88. The largest absolute Gasteiger partial charge is 0.443 e. The molecule has 0 aliphatic carbocycles. The van der Waals surface area contributed by atoms with Crippen LogP contribution < -0.4 is 5.32 Å². The third kappa shape index (κ3) is 2.67. The van der Waals surface area contributed by atoms with Crippen LogP contribution in [0.2, 0.25) is 5.02 Å². The number of cyclic esters (lactones) is 1. The van der Waals surface area contributed by atoms with E-state index in [-0.39, 0.29) is 23.0 Å². The Morgan fingerprint density at radius 1 is 1.50 bits per heavy atom. The lowest BCUT2D eigenvalue weighted by molar-refractivity contribution is -0.104. The fourth-order valence-corrected chi connectivity index (χ4v) is 2.13. The van der Waals surface area contributed by atoms with Crippen molar-refractivity contribution in [3.05, 3.63) is 34.3 Å². The zero-order chi connectivity index (χ0) is 12.6. The molecule has 1 amide bonds. The maximum Gasteiger partial charge on any atom is 0.408 e. The zero-order valence-corrected chi connectivity index (χ0v) is 10.9. The van der Waals surface area contributed by atoms with Crippen LogP contribution >= 0.6 is 24.0 Å². The number of carbonyl (C=O) groups excluding carboxylic acids is 1. The van der Waals surface area contributed by atoms with E-state index in [1.54, 1.807) is 19.1 Å². The maximum absolute atomic E-state index is 13.7. The Morgan fingerprint density at radius 3 is 2.78 bits per heavy atom. The number of ether oxygens (including phenoxy) is 1. The standard InChI is InChI=1S/C11H10ClF2NO2.ClH/c1-6-3-2-4-7(12)8(6)9-11(13,14)5-17-10(16)15-9;/h2-4,9H,5H2,1H3,(H,15,16);1H/t9-;/m0./s1. The molecule has 1 aliphatic heterocycles. The molecule has 0 spiro atoms. The molecule has 1 aliphatic rings. The molecule has 1 aromatic carbocycles. The molecule has 18 heavy (non-hydrogen) atoms. The minimum atomic E-state index is -3.18. The van der Waals surface area contributed by atoms with Crippen molar-refractivity contribution < 1.29 is 18.3 Å². The van der Waals surface area contributed by atoms with E-state index in [0.717, 1.165) is 0 Å². The van der Waals surface area contributed by atoms with Crippen LogP contribution in [0.1, 0.15) is 17.2 Å². The summed E-state index contributed by atoms with van der Waals surface area (Å²) in [5.41, 5.74) is 0.834. The van der Waals surface area contributed by atoms with Gasteiger partial charge < -0.3 is 10.1 Å². The number of alkyl carbamates (subject to hydrolysis) is 1. The molecule has 0 radical (unpaired) electrons. The normalized spacial score (nSPS) is 21.6. The summed E-state index contributed by atoms with van der Waals surface area (Å²) in [7, 11) is 0. The first-order chi connectivity index (χ1) is 7.92. The Kier molecular flexibility index (Phi) is 4.40. The SMILES string of the molecule is Cc1cccc(Cl)c1[C@@H]1NC(=O)OCC1(F)F.Cl. The van der Waals surface area contributed by atoms with Crippen molar-refractivity contribution in [2.24, 2.45) is 0 Å². The van der Waals surface area contributed by atoms with Crippen LogP contribution in [0.4, 0.5) is 13.6 Å². The molecule has 1 heterocycles. The van der Waals surface area contributed by atoms with Crippen LogP contribution in [0.5, 0.6) is 0 Å². The summed E-state index contributed by atoms with van der Waals surface area (Å²) in [6.45, 7) is 0.729. The Bertz CT molecular complexity index is 448. The van der Waals surface area contributed by atoms with Crippen molar-refractivity contribution in [2.45, 2.75) is 18.9 Å². The molecule has 1 aromatic rings. The summed E-state index contributed by atoms with van der Waals surface area (Å²) in [5, 5.41) is 2.31. The van der Waals surface area contributed by atoms with Crippen LogP contribution in [0, 0.1) is 6.92 Å². The first kappa shape index (κ1) is 15.0. The Balaban J connectivity index is 0.00000162. The highest BCUT2D eigenvalue weighted by Crippen LogP contribution is 2.38. The first-order valence-electron chi connectivity index (χ1n) is 4.98. The number of benzene rings is 1. The van der Waals surface area contributed by atoms with Gasteiger partial charge in [0.25, 0.3) is 0 Å². The van der Waals surface area contributed by atoms with Gasteiger partial charge in [0, 0.05) is 10.6 Å². The van der Waals surface area contributed by atoms with E-state index in [9.17, 15) is 13.6 Å². The van der Waals surface area contributed by atoms with Crippen molar-refractivity contribution in [3.8, 4) is 0 Å². The van der Waals surface area contributed by atoms with Gasteiger partial charge in [-0.05, 0) is 18.6 Å². The Hall–Kier alpha value is -1.07. The van der Waals surface area contributed by atoms with Crippen LogP contribution in [0.15, 0.2) is 18.2 Å². The monoisotopic (exact) mass is 297 g/mol. The zero-order valence-electron chi connectivity index (χ0n) is 9.38. The third-order valence-corrected chi connectivity index (χ3v) is 2.97. The van der Waals surface area contributed by atoms with Crippen molar-refractivity contribution in [2.75, 3.05) is 6.61 Å². The predicted octanol–water partition coefficient (Wildman–Crippen LogP) is 3.49. The molecule has 100 valence electrons. The lowest BCUT2D eigenvalue weighted by Gasteiger charge is -2.33. The quantitative estimate of drug-likeness (QED) is 0.862. The molecular weight excluding hydrogens is 287 g/mol. The number of hydrogen-bond acceptors (Lipinski definition) is 2. The highest BCUT2D eigenvalue weighted by molar-refractivity contribution is 6.31. The minimum Gasteiger partial charge on any atom is -0.443 e. The van der Waals surface area contributed by atoms with Crippen LogP contribution in [-0.2, 0) is 4.74 Å². The van der Waals surface area contributed by atoms with Crippen molar-refractivity contribution in [3.63, 3.8) is 0 Å². The van der Waals surface area contributed by atoms with Gasteiger partial charge in [0.1, 0.15) is 6.04 Å². The summed E-state index contributed by atoms with van der Waals surface area (Å²) in [4.78, 5) is 11.0. The van der Waals surface area contributed by atoms with E-state index in [1.165, 1.54) is 6.07 Å². The molecule has 1 N–H and O–H groups in total. The molecule has 0 aromatic heterocycles. The van der Waals surface area contributed by atoms with Crippen molar-refractivity contribution >= 4 is 30.1 Å². The molecule has 0 bridgehead atoms. The number of alkyl halides is 2. The molecule has 7 heteroatoms. The molecular formula is C11H11Cl2F2NO2. The van der Waals surface area contributed by atoms with Gasteiger partial charge in [-0.3, -0.25) is 0 Å². The second-order valence-corrected chi connectivity index (χ2v) is 4.29. The summed E-state index contributed by atoms with van der Waals surface area (Å²) in [6, 6.07) is 3.40. The fourth-order valence-electron chi connectivity index (χ4n) is 1.80. The van der Waals surface area contributed by atoms with Gasteiger partial charge >= 0.3 is 12.0 Å². The number of nitrogens with one attached hydrogen (secondary N) is 1. The molecule has 1 saturated heterocycles. The van der Waals surface area contributed by atoms with Crippen LogP contribution in [0.3, 0.4) is 0 Å². The topological polar surface area (TPSA) is 38.3 Å². The highest BCUT2D eigenvalue weighted by Gasteiger charge is 2.47. The second kappa shape index (κ2) is 5.28. The Morgan fingerprint density at radius 2 is 2.17 bits per heavy atom. The number of hydrogen-bond donors (Lipinski definition) is 1. The van der Waals surface area contributed by atoms with Gasteiger partial charge in [-0.25, -0.2) is 13.6 Å². The predicted molar refractivity (Wildman–Crippen MR) is 65.6 cm³/mol. The average Bonchev–Trinajstić information content (AvgIpc) is 2.23. The summed E-state index contributed by atoms with van der Waals surface area (Å²) in [6.07, 6.45) is -0.861. The van der Waals surface area contributed by atoms with E-state index >= 15 is 0 Å². The first-order valence-corrected chi connectivity index (χ1v) is 5.36. The smallest absolute Gasteiger partial charge is 0.408 e. The molecule has 3 nitrogen and oxygen atoms in total. The van der Waals surface area contributed by atoms with E-state index in [1.807, 2.05) is 0 Å². The molecule has 0 saturated carbocycles. The third-order valence-electron chi connectivity index (χ3n) is 2.64. The lowest BCUT2D eigenvalue weighted by atomic mass is 9.96. The van der Waals surface area contributed by atoms with Gasteiger partial charge in [-0.1, -0.05) is 23.7 Å². The summed E-state index contributed by atoms with van der Waals surface area (Å²) < 4.78 is 31.7.